The van der Waals surface area contributed by atoms with Gasteiger partial charge in [0.2, 0.25) is 0 Å². The van der Waals surface area contributed by atoms with Crippen LogP contribution in [0, 0.1) is 0 Å². The molecule has 106 valence electrons. The number of rotatable bonds is 6. The van der Waals surface area contributed by atoms with Gasteiger partial charge in [0.05, 0.1) is 0 Å². The van der Waals surface area contributed by atoms with Gasteiger partial charge >= 0.3 is 0 Å². The molecule has 0 saturated carbocycles. The molecule has 0 unspecified atom stereocenters. The predicted octanol–water partition coefficient (Wildman–Crippen LogP) is 3.28. The molecule has 1 rings (SSSR count). The third kappa shape index (κ3) is 5.77. The summed E-state index contributed by atoms with van der Waals surface area (Å²) in [6.45, 7) is 9.41. The fourth-order valence-corrected chi connectivity index (χ4v) is 1.66. The second-order valence-corrected chi connectivity index (χ2v) is 5.77. The zero-order chi connectivity index (χ0) is 14.3. The lowest BCUT2D eigenvalue weighted by Gasteiger charge is -2.19. The van der Waals surface area contributed by atoms with Gasteiger partial charge in [0, 0.05) is 6.54 Å². The SMILES string of the molecule is CCCCNC(=O)COc1ccc(C(C)(C)C)cc1. The van der Waals surface area contributed by atoms with Crippen LogP contribution >= 0.6 is 0 Å². The van der Waals surface area contributed by atoms with Gasteiger partial charge in [-0.15, -0.1) is 0 Å². The van der Waals surface area contributed by atoms with Crippen molar-refractivity contribution in [2.75, 3.05) is 13.2 Å². The Morgan fingerprint density at radius 1 is 1.21 bits per heavy atom. The Balaban J connectivity index is 2.40. The highest BCUT2D eigenvalue weighted by Crippen LogP contribution is 2.24. The van der Waals surface area contributed by atoms with E-state index in [1.165, 1.54) is 5.56 Å². The smallest absolute Gasteiger partial charge is 0.257 e. The van der Waals surface area contributed by atoms with Gasteiger partial charge in [-0.25, -0.2) is 0 Å². The number of hydrogen-bond acceptors (Lipinski definition) is 2. The normalized spacial score (nSPS) is 11.2. The Hall–Kier alpha value is -1.51. The molecule has 0 aliphatic heterocycles. The summed E-state index contributed by atoms with van der Waals surface area (Å²) in [6, 6.07) is 7.93. The Bertz CT molecular complexity index is 390. The Morgan fingerprint density at radius 2 is 1.84 bits per heavy atom. The number of hydrogen-bond donors (Lipinski definition) is 1. The molecule has 0 aliphatic carbocycles. The highest BCUT2D eigenvalue weighted by Gasteiger charge is 2.13. The molecule has 1 aromatic rings. The fraction of sp³-hybridized carbons (Fsp3) is 0.562. The molecular formula is C16H25NO2. The van der Waals surface area contributed by atoms with Crippen molar-refractivity contribution in [3.8, 4) is 5.75 Å². The first-order valence-electron chi connectivity index (χ1n) is 6.93. The Labute approximate surface area is 116 Å². The summed E-state index contributed by atoms with van der Waals surface area (Å²) < 4.78 is 5.45. The molecule has 0 atom stereocenters. The fourth-order valence-electron chi connectivity index (χ4n) is 1.66. The molecule has 3 heteroatoms. The Morgan fingerprint density at radius 3 is 2.37 bits per heavy atom. The minimum Gasteiger partial charge on any atom is -0.484 e. The van der Waals surface area contributed by atoms with Crippen molar-refractivity contribution in [3.05, 3.63) is 29.8 Å². The van der Waals surface area contributed by atoms with Gasteiger partial charge in [0.1, 0.15) is 5.75 Å². The van der Waals surface area contributed by atoms with Crippen LogP contribution in [0.15, 0.2) is 24.3 Å². The lowest BCUT2D eigenvalue weighted by molar-refractivity contribution is -0.123. The zero-order valence-electron chi connectivity index (χ0n) is 12.5. The summed E-state index contributed by atoms with van der Waals surface area (Å²) >= 11 is 0. The monoisotopic (exact) mass is 263 g/mol. The van der Waals surface area contributed by atoms with E-state index in [4.69, 9.17) is 4.74 Å². The van der Waals surface area contributed by atoms with E-state index in [9.17, 15) is 4.79 Å². The highest BCUT2D eigenvalue weighted by atomic mass is 16.5. The van der Waals surface area contributed by atoms with Crippen LogP contribution < -0.4 is 10.1 Å². The summed E-state index contributed by atoms with van der Waals surface area (Å²) in [5.41, 5.74) is 1.39. The van der Waals surface area contributed by atoms with Crippen molar-refractivity contribution in [2.45, 2.75) is 46.0 Å². The number of carbonyl (C=O) groups is 1. The first-order valence-corrected chi connectivity index (χ1v) is 6.93. The van der Waals surface area contributed by atoms with Gasteiger partial charge in [-0.2, -0.15) is 0 Å². The molecule has 0 radical (unpaired) electrons. The maximum absolute atomic E-state index is 11.5. The standard InChI is InChI=1S/C16H25NO2/c1-5-6-11-17-15(18)12-19-14-9-7-13(8-10-14)16(2,3)4/h7-10H,5-6,11-12H2,1-4H3,(H,17,18). The third-order valence-corrected chi connectivity index (χ3v) is 2.94. The van der Waals surface area contributed by atoms with Crippen LogP contribution in [-0.2, 0) is 10.2 Å². The lowest BCUT2D eigenvalue weighted by Crippen LogP contribution is -2.29. The van der Waals surface area contributed by atoms with Gasteiger partial charge in [0.15, 0.2) is 6.61 Å². The number of nitrogens with one attached hydrogen (secondary N) is 1. The van der Waals surface area contributed by atoms with Crippen LogP contribution in [0.3, 0.4) is 0 Å². The maximum atomic E-state index is 11.5. The number of unbranched alkanes of at least 4 members (excludes halogenated alkanes) is 1. The number of carbonyl (C=O) groups excluding carboxylic acids is 1. The van der Waals surface area contributed by atoms with Crippen molar-refractivity contribution in [1.82, 2.24) is 5.32 Å². The van der Waals surface area contributed by atoms with E-state index in [2.05, 4.69) is 33.0 Å². The number of amides is 1. The zero-order valence-corrected chi connectivity index (χ0v) is 12.5. The van der Waals surface area contributed by atoms with Gasteiger partial charge in [-0.3, -0.25) is 4.79 Å². The molecular weight excluding hydrogens is 238 g/mol. The largest absolute Gasteiger partial charge is 0.484 e. The first kappa shape index (κ1) is 15.5. The van der Waals surface area contributed by atoms with E-state index >= 15 is 0 Å². The second kappa shape index (κ2) is 7.17. The van der Waals surface area contributed by atoms with Crippen LogP contribution in [0.2, 0.25) is 0 Å². The van der Waals surface area contributed by atoms with Crippen molar-refractivity contribution in [1.29, 1.82) is 0 Å². The summed E-state index contributed by atoms with van der Waals surface area (Å²) in [5.74, 6) is 0.673. The minimum atomic E-state index is -0.0617. The van der Waals surface area contributed by atoms with E-state index in [0.717, 1.165) is 25.1 Å². The summed E-state index contributed by atoms with van der Waals surface area (Å²) in [5, 5.41) is 2.83. The number of benzene rings is 1. The molecule has 3 nitrogen and oxygen atoms in total. The van der Waals surface area contributed by atoms with E-state index in [1.807, 2.05) is 24.3 Å². The minimum absolute atomic E-state index is 0.0617. The molecule has 1 aromatic carbocycles. The summed E-state index contributed by atoms with van der Waals surface area (Å²) in [4.78, 5) is 11.5. The summed E-state index contributed by atoms with van der Waals surface area (Å²) in [7, 11) is 0. The van der Waals surface area contributed by atoms with Crippen molar-refractivity contribution in [2.24, 2.45) is 0 Å². The number of ether oxygens (including phenoxy) is 1. The summed E-state index contributed by atoms with van der Waals surface area (Å²) in [6.07, 6.45) is 2.08. The maximum Gasteiger partial charge on any atom is 0.257 e. The predicted molar refractivity (Wildman–Crippen MR) is 78.6 cm³/mol. The van der Waals surface area contributed by atoms with Gasteiger partial charge in [0.25, 0.3) is 5.91 Å². The van der Waals surface area contributed by atoms with E-state index in [-0.39, 0.29) is 17.9 Å². The Kier molecular flexibility index (Phi) is 5.87. The quantitative estimate of drug-likeness (QED) is 0.800. The molecule has 0 aromatic heterocycles. The van der Waals surface area contributed by atoms with Crippen molar-refractivity contribution < 1.29 is 9.53 Å². The van der Waals surface area contributed by atoms with Gasteiger partial charge in [-0.05, 0) is 29.5 Å². The van der Waals surface area contributed by atoms with Gasteiger partial charge in [-0.1, -0.05) is 46.2 Å². The first-order chi connectivity index (χ1) is 8.93. The molecule has 0 heterocycles. The van der Waals surface area contributed by atoms with Crippen molar-refractivity contribution >= 4 is 5.91 Å². The molecule has 0 bridgehead atoms. The average Bonchev–Trinajstić information content (AvgIpc) is 2.36. The van der Waals surface area contributed by atoms with E-state index in [1.54, 1.807) is 0 Å². The molecule has 0 aliphatic rings. The van der Waals surface area contributed by atoms with Crippen LogP contribution in [0.25, 0.3) is 0 Å². The van der Waals surface area contributed by atoms with Crippen LogP contribution in [0.5, 0.6) is 5.75 Å². The lowest BCUT2D eigenvalue weighted by atomic mass is 9.87. The molecule has 0 saturated heterocycles. The van der Waals surface area contributed by atoms with E-state index < -0.39 is 0 Å². The molecule has 19 heavy (non-hydrogen) atoms. The average molecular weight is 263 g/mol. The van der Waals surface area contributed by atoms with Crippen LogP contribution in [-0.4, -0.2) is 19.1 Å². The van der Waals surface area contributed by atoms with Crippen LogP contribution in [0.4, 0.5) is 0 Å². The molecule has 1 amide bonds. The highest BCUT2D eigenvalue weighted by molar-refractivity contribution is 5.77. The molecule has 0 fully saturated rings. The molecule has 0 spiro atoms. The van der Waals surface area contributed by atoms with Crippen LogP contribution in [0.1, 0.15) is 46.1 Å². The van der Waals surface area contributed by atoms with E-state index in [0.29, 0.717) is 0 Å². The van der Waals surface area contributed by atoms with Crippen molar-refractivity contribution in [3.63, 3.8) is 0 Å². The molecule has 1 N–H and O–H groups in total. The topological polar surface area (TPSA) is 38.3 Å². The second-order valence-electron chi connectivity index (χ2n) is 5.77. The van der Waals surface area contributed by atoms with Gasteiger partial charge < -0.3 is 10.1 Å². The third-order valence-electron chi connectivity index (χ3n) is 2.94.